The second-order valence-corrected chi connectivity index (χ2v) is 36.8. The second kappa shape index (κ2) is 55.6. The topological polar surface area (TPSA) is 509 Å². The molecule has 0 saturated carbocycles. The number of rotatable bonds is 52. The van der Waals surface area contributed by atoms with Crippen molar-refractivity contribution >= 4 is 27.5 Å². The molecule has 0 aromatic rings. The molecule has 710 valence electrons. The number of phosphoric acid groups is 2. The molecule has 0 aromatic carbocycles. The Morgan fingerprint density at radius 2 is 0.750 bits per heavy atom. The monoisotopic (exact) mass is 1800 g/mol. The molecule has 5 heterocycles. The van der Waals surface area contributed by atoms with E-state index in [9.17, 15) is 94.9 Å². The molecule has 0 aliphatic carbocycles. The van der Waals surface area contributed by atoms with Crippen LogP contribution in [0.5, 0.6) is 0 Å². The second-order valence-electron chi connectivity index (χ2n) is 33.9. The van der Waals surface area contributed by atoms with Crippen molar-refractivity contribution in [3.05, 3.63) is 128 Å². The van der Waals surface area contributed by atoms with Crippen molar-refractivity contribution in [1.82, 2.24) is 5.32 Å². The van der Waals surface area contributed by atoms with Crippen LogP contribution in [0.15, 0.2) is 128 Å². The minimum Gasteiger partial charge on any atom is -0.756 e. The van der Waals surface area contributed by atoms with E-state index in [1.807, 2.05) is 6.92 Å². The summed E-state index contributed by atoms with van der Waals surface area (Å²) in [5.41, 5.74) is 14.7. The summed E-state index contributed by atoms with van der Waals surface area (Å²) in [6.45, 7) is 24.5. The maximum atomic E-state index is 13.8. The van der Waals surface area contributed by atoms with E-state index < -0.39 is 214 Å². The number of esters is 1. The molecule has 33 nitrogen and oxygen atoms in total. The van der Waals surface area contributed by atoms with E-state index >= 15 is 0 Å². The van der Waals surface area contributed by atoms with Crippen LogP contribution < -0.4 is 15.1 Å². The van der Waals surface area contributed by atoms with Crippen LogP contribution in [0, 0.1) is 0 Å². The molecule has 5 rings (SSSR count). The third-order valence-electron chi connectivity index (χ3n) is 22.3. The molecule has 5 saturated heterocycles. The molecule has 0 spiro atoms. The predicted octanol–water partition coefficient (Wildman–Crippen LogP) is 8.04. The van der Waals surface area contributed by atoms with Gasteiger partial charge in [-0.25, -0.2) is 4.31 Å². The van der Waals surface area contributed by atoms with Gasteiger partial charge in [-0.05, 0) is 218 Å². The van der Waals surface area contributed by atoms with E-state index in [1.165, 1.54) is 63.2 Å². The lowest BCUT2D eigenvalue weighted by Crippen LogP contribution is -2.69. The zero-order valence-electron chi connectivity index (χ0n) is 74.9. The number of carbonyl (C=O) groups excluding carboxylic acids is 2. The van der Waals surface area contributed by atoms with Crippen LogP contribution in [-0.4, -0.2) is 265 Å². The zero-order chi connectivity index (χ0) is 92.3. The number of hydrogen-bond donors (Lipinski definition) is 14. The third-order valence-corrected chi connectivity index (χ3v) is 24.9. The molecule has 0 radical (unpaired) electrons. The molecular formula is C89H145NO32P2-2. The average Bonchev–Trinajstić information content (AvgIpc) is 0.868. The predicted molar refractivity (Wildman–Crippen MR) is 457 cm³/mol. The molecule has 1 amide bonds. The summed E-state index contributed by atoms with van der Waals surface area (Å²) in [5, 5.41) is 141. The Morgan fingerprint density at radius 3 is 1.15 bits per heavy atom. The lowest BCUT2D eigenvalue weighted by Gasteiger charge is -2.50. The Morgan fingerprint density at radius 1 is 0.395 bits per heavy atom. The van der Waals surface area contributed by atoms with E-state index in [4.69, 9.17) is 56.4 Å². The van der Waals surface area contributed by atoms with Crippen molar-refractivity contribution in [2.75, 3.05) is 33.0 Å². The van der Waals surface area contributed by atoms with Gasteiger partial charge in [0, 0.05) is 13.8 Å². The molecule has 27 atom stereocenters. The summed E-state index contributed by atoms with van der Waals surface area (Å²) in [5.74, 6) is -2.17. The Hall–Kier alpha value is -4.54. The van der Waals surface area contributed by atoms with Crippen molar-refractivity contribution < 1.29 is 156 Å². The number of allylic oxidation sites excluding steroid dienone is 21. The summed E-state index contributed by atoms with van der Waals surface area (Å²) in [7, 11) is -12.2. The first-order valence-corrected chi connectivity index (χ1v) is 46.2. The minimum absolute atomic E-state index is 0.470. The van der Waals surface area contributed by atoms with Gasteiger partial charge in [-0.3, -0.25) is 23.2 Å². The fourth-order valence-corrected chi connectivity index (χ4v) is 16.7. The number of aliphatic hydroxyl groups is 13. The Labute approximate surface area is 732 Å². The number of hydrogen-bond acceptors (Lipinski definition) is 32. The van der Waals surface area contributed by atoms with E-state index in [-0.39, 0.29) is 0 Å². The fraction of sp³-hybridized carbons (Fsp3) is 0.730. The van der Waals surface area contributed by atoms with Gasteiger partial charge in [0.15, 0.2) is 37.6 Å². The number of ether oxygens (including phenoxy) is 10. The van der Waals surface area contributed by atoms with Crippen molar-refractivity contribution in [1.29, 1.82) is 0 Å². The molecular weight excluding hydrogens is 1660 g/mol. The van der Waals surface area contributed by atoms with Crippen molar-refractivity contribution in [2.45, 2.75) is 386 Å². The van der Waals surface area contributed by atoms with E-state index in [0.717, 1.165) is 135 Å². The minimum atomic E-state index is -6.32. The van der Waals surface area contributed by atoms with Crippen LogP contribution in [0.25, 0.3) is 0 Å². The molecule has 35 heteroatoms. The SMILES string of the molecule is CC(=O)N[C@H]1[C@@H](OP(=O)([O-])OP(=O)([O-])OC/C=C(\C)CC/C=C(/C)CC/C=C(/C)CC/C=C(/C)CC/C=C(/C)CC/C=C(/C)CC/C=C(/C)CC/C=C(/C)CC/C=C(\C)CC/C=C(\C)CCC=C(C)C)O[C@H](CO[C@H]2O[C@H](CO)[C@@H](O)[C@H](O)[C@H]2O)[C@@H](O)[C@@H]1O[C@@H]1O[C@@H](C)[C@H](O)[C@@H](O[C@H]2O[C@H](CO[C@@H]3O[C@@H]([C@H](O)CO)[C@H](O)[C@H]3O)[C@@H](O)[C@H](O)[C@H]2O)[C@H]1OC(C)=O. The maximum Gasteiger partial charge on any atom is 0.303 e. The highest BCUT2D eigenvalue weighted by molar-refractivity contribution is 7.59. The van der Waals surface area contributed by atoms with E-state index in [2.05, 4.69) is 140 Å². The van der Waals surface area contributed by atoms with Crippen molar-refractivity contribution in [3.8, 4) is 0 Å². The van der Waals surface area contributed by atoms with Crippen LogP contribution in [0.3, 0.4) is 0 Å². The van der Waals surface area contributed by atoms with Crippen LogP contribution in [0.2, 0.25) is 0 Å². The van der Waals surface area contributed by atoms with Crippen LogP contribution in [0.1, 0.15) is 232 Å². The first-order valence-electron chi connectivity index (χ1n) is 43.3. The first-order chi connectivity index (χ1) is 58.4. The zero-order valence-corrected chi connectivity index (χ0v) is 76.7. The molecule has 0 aromatic heterocycles. The standard InChI is InChI=1S/C89H147NO32P2/c1-52(2)26-16-27-53(3)28-17-29-54(4)30-18-31-55(5)32-19-33-56(6)34-20-35-57(7)36-21-37-58(8)38-22-39-59(9)40-23-41-60(10)42-24-43-61(11)44-25-45-62(12)46-47-112-123(106,107)122-124(108,109)121-85-70(90-64(14)93)82(74(99)69(116-85)51-110-86-78(103)75(100)72(97)67(49-92)115-86)119-89-84(114-65(15)94)83(71(96)63(13)113-89)120-88-79(104)76(101)73(98)68(117-88)50-111-87-80(105)77(102)81(118-87)66(95)48-91/h26,28,30,32,34,36,38,40,42,44,46,63,66-89,91-92,95-105H,16-25,27,29,31,33,35,37,39,41,43,45,47-51H2,1-15H3,(H,90,93)(H,106,107)(H,108,109)/p-2/b53-28+,54-30+,55-32-,56-34-,57-36-,58-38-,59-40-,60-42-,61-44-,62-46+/t63-,66+,67+,68+,69+,70+,71-,72+,73+,74+,75-,76-,77+,78+,79+,80+,81-,82+,83+,84+,85+,86-,87+,88+,89-/m0/s1. The van der Waals surface area contributed by atoms with Crippen molar-refractivity contribution in [2.24, 2.45) is 0 Å². The highest BCUT2D eigenvalue weighted by Gasteiger charge is 2.57. The summed E-state index contributed by atoms with van der Waals surface area (Å²) in [6.07, 6.45) is -2.10. The summed E-state index contributed by atoms with van der Waals surface area (Å²) in [6, 6.07) is -2.14. The van der Waals surface area contributed by atoms with Gasteiger partial charge in [0.05, 0.1) is 39.1 Å². The van der Waals surface area contributed by atoms with Gasteiger partial charge in [-0.15, -0.1) is 0 Å². The van der Waals surface area contributed by atoms with Gasteiger partial charge >= 0.3 is 5.97 Å². The molecule has 5 fully saturated rings. The lowest BCUT2D eigenvalue weighted by molar-refractivity contribution is -0.373. The molecule has 5 aliphatic heterocycles. The molecule has 124 heavy (non-hydrogen) atoms. The quantitative estimate of drug-likeness (QED) is 0.0155. The van der Waals surface area contributed by atoms with Gasteiger partial charge in [0.25, 0.3) is 15.6 Å². The average molecular weight is 1800 g/mol. The summed E-state index contributed by atoms with van der Waals surface area (Å²) in [4.78, 5) is 53.2. The molecule has 14 N–H and O–H groups in total. The number of nitrogens with one attached hydrogen (secondary N) is 1. The smallest absolute Gasteiger partial charge is 0.303 e. The van der Waals surface area contributed by atoms with E-state index in [0.29, 0.717) is 18.4 Å². The third kappa shape index (κ3) is 38.5. The normalized spacial score (nSPS) is 32.6. The summed E-state index contributed by atoms with van der Waals surface area (Å²) >= 11 is 0. The van der Waals surface area contributed by atoms with Crippen LogP contribution in [0.4, 0.5) is 0 Å². The fourth-order valence-electron chi connectivity index (χ4n) is 14.6. The van der Waals surface area contributed by atoms with Gasteiger partial charge in [-0.1, -0.05) is 128 Å². The highest BCUT2D eigenvalue weighted by atomic mass is 31.3. The number of aliphatic hydroxyl groups excluding tert-OH is 13. The Balaban J connectivity index is 1.11. The largest absolute Gasteiger partial charge is 0.756 e. The van der Waals surface area contributed by atoms with Gasteiger partial charge in [-0.2, -0.15) is 0 Å². The van der Waals surface area contributed by atoms with Gasteiger partial charge in [0.1, 0.15) is 110 Å². The maximum absolute atomic E-state index is 13.8. The molecule has 5 aliphatic rings. The number of carbonyl (C=O) groups is 2. The van der Waals surface area contributed by atoms with Crippen molar-refractivity contribution in [3.63, 3.8) is 0 Å². The molecule has 0 bridgehead atoms. The Kier molecular flexibility index (Phi) is 49.3. The van der Waals surface area contributed by atoms with Crippen LogP contribution >= 0.6 is 15.6 Å². The van der Waals surface area contributed by atoms with Gasteiger partial charge < -0.3 is 133 Å². The number of amides is 1. The van der Waals surface area contributed by atoms with Gasteiger partial charge in [0.2, 0.25) is 5.91 Å². The lowest BCUT2D eigenvalue weighted by atomic mass is 9.95. The Bertz CT molecular complexity index is 3720. The number of phosphoric ester groups is 2. The first kappa shape index (κ1) is 110. The van der Waals surface area contributed by atoms with Crippen LogP contribution in [-0.2, 0) is 79.4 Å². The molecule has 2 unspecified atom stereocenters. The summed E-state index contributed by atoms with van der Waals surface area (Å²) < 4.78 is 98.9. The highest BCUT2D eigenvalue weighted by Crippen LogP contribution is 2.57. The van der Waals surface area contributed by atoms with E-state index in [1.54, 1.807) is 6.92 Å².